The molecule has 0 bridgehead atoms. The lowest BCUT2D eigenvalue weighted by Crippen LogP contribution is -2.31. The lowest BCUT2D eigenvalue weighted by atomic mass is 10.2. The molecular weight excluding hydrogens is 271 g/mol. The number of benzene rings is 1. The van der Waals surface area contributed by atoms with Crippen molar-refractivity contribution in [1.29, 1.82) is 0 Å². The standard InChI is InChI=1S/C12H17FN2O3S/c1-15(19(2,17)18)9-5-8-14-12(16)10-6-3-4-7-11(10)13/h3-4,6-7H,5,8-9H2,1-2H3,(H,14,16). The smallest absolute Gasteiger partial charge is 0.254 e. The SMILES string of the molecule is CN(CCCNC(=O)c1ccccc1F)S(C)(=O)=O. The zero-order valence-electron chi connectivity index (χ0n) is 10.9. The summed E-state index contributed by atoms with van der Waals surface area (Å²) in [5.74, 6) is -1.08. The average molecular weight is 288 g/mol. The van der Waals surface area contributed by atoms with Gasteiger partial charge in [0.15, 0.2) is 0 Å². The monoisotopic (exact) mass is 288 g/mol. The van der Waals surface area contributed by atoms with Crippen LogP contribution in [0, 0.1) is 5.82 Å². The molecule has 0 unspecified atom stereocenters. The molecule has 5 nitrogen and oxygen atoms in total. The fraction of sp³-hybridized carbons (Fsp3) is 0.417. The Kier molecular flexibility index (Phi) is 5.44. The Morgan fingerprint density at radius 1 is 1.37 bits per heavy atom. The van der Waals surface area contributed by atoms with Gasteiger partial charge in [0.2, 0.25) is 10.0 Å². The summed E-state index contributed by atoms with van der Waals surface area (Å²) in [5.41, 5.74) is -0.0148. The predicted octanol–water partition coefficient (Wildman–Crippen LogP) is 0.837. The van der Waals surface area contributed by atoms with Crippen LogP contribution in [-0.4, -0.2) is 45.0 Å². The fourth-order valence-electron chi connectivity index (χ4n) is 1.41. The van der Waals surface area contributed by atoms with Crippen LogP contribution < -0.4 is 5.32 Å². The van der Waals surface area contributed by atoms with Crippen LogP contribution in [-0.2, 0) is 10.0 Å². The summed E-state index contributed by atoms with van der Waals surface area (Å²) < 4.78 is 36.7. The van der Waals surface area contributed by atoms with Crippen LogP contribution >= 0.6 is 0 Å². The van der Waals surface area contributed by atoms with Gasteiger partial charge in [0.05, 0.1) is 11.8 Å². The molecule has 0 aliphatic rings. The molecule has 0 fully saturated rings. The van der Waals surface area contributed by atoms with E-state index in [1.54, 1.807) is 6.07 Å². The third-order valence-electron chi connectivity index (χ3n) is 2.62. The summed E-state index contributed by atoms with van der Waals surface area (Å²) in [7, 11) is -1.74. The van der Waals surface area contributed by atoms with Crippen molar-refractivity contribution in [2.45, 2.75) is 6.42 Å². The fourth-order valence-corrected chi connectivity index (χ4v) is 1.87. The Morgan fingerprint density at radius 2 is 2.00 bits per heavy atom. The number of amides is 1. The number of nitrogens with one attached hydrogen (secondary N) is 1. The molecule has 0 spiro atoms. The maximum Gasteiger partial charge on any atom is 0.254 e. The van der Waals surface area contributed by atoms with E-state index in [4.69, 9.17) is 0 Å². The summed E-state index contributed by atoms with van der Waals surface area (Å²) in [4.78, 5) is 11.6. The Hall–Kier alpha value is -1.47. The average Bonchev–Trinajstić information content (AvgIpc) is 2.33. The van der Waals surface area contributed by atoms with Gasteiger partial charge in [0.25, 0.3) is 5.91 Å². The molecule has 1 N–H and O–H groups in total. The van der Waals surface area contributed by atoms with Crippen molar-refractivity contribution in [1.82, 2.24) is 9.62 Å². The van der Waals surface area contributed by atoms with Crippen molar-refractivity contribution in [3.05, 3.63) is 35.6 Å². The van der Waals surface area contributed by atoms with E-state index in [-0.39, 0.29) is 12.1 Å². The second-order valence-corrected chi connectivity index (χ2v) is 6.26. The minimum Gasteiger partial charge on any atom is -0.352 e. The third kappa shape index (κ3) is 4.96. The van der Waals surface area contributed by atoms with Crippen molar-refractivity contribution in [2.75, 3.05) is 26.4 Å². The molecule has 0 heterocycles. The summed E-state index contributed by atoms with van der Waals surface area (Å²) in [6, 6.07) is 5.70. The number of carbonyl (C=O) groups excluding carboxylic acids is 1. The van der Waals surface area contributed by atoms with E-state index in [2.05, 4.69) is 5.32 Å². The van der Waals surface area contributed by atoms with Crippen molar-refractivity contribution in [2.24, 2.45) is 0 Å². The van der Waals surface area contributed by atoms with Gasteiger partial charge < -0.3 is 5.32 Å². The highest BCUT2D eigenvalue weighted by Crippen LogP contribution is 2.05. The van der Waals surface area contributed by atoms with Crippen molar-refractivity contribution >= 4 is 15.9 Å². The molecule has 1 amide bonds. The molecule has 0 radical (unpaired) electrons. The van der Waals surface area contributed by atoms with Gasteiger partial charge in [-0.1, -0.05) is 12.1 Å². The van der Waals surface area contributed by atoms with Crippen LogP contribution in [0.1, 0.15) is 16.8 Å². The lowest BCUT2D eigenvalue weighted by molar-refractivity contribution is 0.0949. The first kappa shape index (κ1) is 15.6. The number of sulfonamides is 1. The molecular formula is C12H17FN2O3S. The van der Waals surface area contributed by atoms with Crippen LogP contribution in [0.5, 0.6) is 0 Å². The maximum atomic E-state index is 13.3. The minimum atomic E-state index is -3.20. The second-order valence-electron chi connectivity index (χ2n) is 4.17. The van der Waals surface area contributed by atoms with E-state index in [0.717, 1.165) is 6.26 Å². The number of hydrogen-bond donors (Lipinski definition) is 1. The zero-order chi connectivity index (χ0) is 14.5. The minimum absolute atomic E-state index is 0.0148. The van der Waals surface area contributed by atoms with Gasteiger partial charge >= 0.3 is 0 Å². The molecule has 0 atom stereocenters. The molecule has 0 aliphatic heterocycles. The van der Waals surface area contributed by atoms with Gasteiger partial charge in [-0.3, -0.25) is 4.79 Å². The van der Waals surface area contributed by atoms with Gasteiger partial charge in [-0.15, -0.1) is 0 Å². The van der Waals surface area contributed by atoms with Crippen LogP contribution in [0.25, 0.3) is 0 Å². The highest BCUT2D eigenvalue weighted by molar-refractivity contribution is 7.88. The Morgan fingerprint density at radius 3 is 2.58 bits per heavy atom. The van der Waals surface area contributed by atoms with Crippen molar-refractivity contribution in [3.63, 3.8) is 0 Å². The first-order valence-electron chi connectivity index (χ1n) is 5.76. The molecule has 0 saturated heterocycles. The summed E-state index contributed by atoms with van der Waals surface area (Å²) in [6.07, 6.45) is 1.58. The molecule has 106 valence electrons. The normalized spacial score (nSPS) is 11.6. The van der Waals surface area contributed by atoms with Gasteiger partial charge in [0, 0.05) is 20.1 Å². The van der Waals surface area contributed by atoms with E-state index in [1.807, 2.05) is 0 Å². The van der Waals surface area contributed by atoms with E-state index >= 15 is 0 Å². The van der Waals surface area contributed by atoms with Crippen molar-refractivity contribution in [3.8, 4) is 0 Å². The van der Waals surface area contributed by atoms with Crippen LogP contribution in [0.4, 0.5) is 4.39 Å². The molecule has 0 aromatic heterocycles. The zero-order valence-corrected chi connectivity index (χ0v) is 11.7. The number of hydrogen-bond acceptors (Lipinski definition) is 3. The van der Waals surface area contributed by atoms with Crippen molar-refractivity contribution < 1.29 is 17.6 Å². The predicted molar refractivity (Wildman–Crippen MR) is 70.8 cm³/mol. The van der Waals surface area contributed by atoms with Gasteiger partial charge in [0.1, 0.15) is 5.82 Å². The van der Waals surface area contributed by atoms with E-state index < -0.39 is 21.7 Å². The highest BCUT2D eigenvalue weighted by Gasteiger charge is 2.12. The number of halogens is 1. The summed E-state index contributed by atoms with van der Waals surface area (Å²) >= 11 is 0. The van der Waals surface area contributed by atoms with E-state index in [9.17, 15) is 17.6 Å². The molecule has 19 heavy (non-hydrogen) atoms. The number of nitrogens with zero attached hydrogens (tertiary/aromatic N) is 1. The first-order valence-corrected chi connectivity index (χ1v) is 7.61. The Labute approximate surface area is 112 Å². The third-order valence-corrected chi connectivity index (χ3v) is 3.93. The summed E-state index contributed by atoms with van der Waals surface area (Å²) in [6.45, 7) is 0.587. The molecule has 1 rings (SSSR count). The van der Waals surface area contributed by atoms with Crippen LogP contribution in [0.3, 0.4) is 0 Å². The number of carbonyl (C=O) groups is 1. The Balaban J connectivity index is 2.39. The van der Waals surface area contributed by atoms with Crippen LogP contribution in [0.15, 0.2) is 24.3 Å². The van der Waals surface area contributed by atoms with Crippen LogP contribution in [0.2, 0.25) is 0 Å². The maximum absolute atomic E-state index is 13.3. The van der Waals surface area contributed by atoms with Gasteiger partial charge in [-0.05, 0) is 18.6 Å². The summed E-state index contributed by atoms with van der Waals surface area (Å²) in [5, 5.41) is 2.55. The van der Waals surface area contributed by atoms with Gasteiger partial charge in [-0.25, -0.2) is 17.1 Å². The van der Waals surface area contributed by atoms with Gasteiger partial charge in [-0.2, -0.15) is 0 Å². The lowest BCUT2D eigenvalue weighted by Gasteiger charge is -2.13. The van der Waals surface area contributed by atoms with E-state index in [1.165, 1.54) is 29.6 Å². The topological polar surface area (TPSA) is 66.5 Å². The molecule has 7 heteroatoms. The first-order chi connectivity index (χ1) is 8.82. The molecule has 0 aliphatic carbocycles. The molecule has 1 aromatic rings. The Bertz CT molecular complexity index is 546. The quantitative estimate of drug-likeness (QED) is 0.789. The molecule has 1 aromatic carbocycles. The van der Waals surface area contributed by atoms with E-state index in [0.29, 0.717) is 13.0 Å². The highest BCUT2D eigenvalue weighted by atomic mass is 32.2. The number of rotatable bonds is 6. The molecule has 0 saturated carbocycles. The second kappa shape index (κ2) is 6.63. The largest absolute Gasteiger partial charge is 0.352 e.